The number of H-pyrrole nitrogens is 1. The van der Waals surface area contributed by atoms with Crippen molar-refractivity contribution in [2.24, 2.45) is 0 Å². The van der Waals surface area contributed by atoms with Gasteiger partial charge in [0, 0.05) is 5.56 Å². The SMILES string of the molecule is Fc1ccc(F)c(-c2coc(=S)[nH]2)c1. The zero-order valence-corrected chi connectivity index (χ0v) is 7.70. The molecular formula is C9H5F2NOS. The van der Waals surface area contributed by atoms with Gasteiger partial charge < -0.3 is 9.40 Å². The van der Waals surface area contributed by atoms with Gasteiger partial charge in [-0.1, -0.05) is 0 Å². The zero-order valence-electron chi connectivity index (χ0n) is 6.88. The van der Waals surface area contributed by atoms with Crippen LogP contribution in [-0.4, -0.2) is 4.98 Å². The van der Waals surface area contributed by atoms with Gasteiger partial charge in [0.25, 0.3) is 4.84 Å². The molecule has 0 saturated heterocycles. The summed E-state index contributed by atoms with van der Waals surface area (Å²) < 4.78 is 30.8. The molecule has 0 aliphatic carbocycles. The van der Waals surface area contributed by atoms with Crippen molar-refractivity contribution in [2.75, 3.05) is 0 Å². The highest BCUT2D eigenvalue weighted by Gasteiger charge is 2.08. The van der Waals surface area contributed by atoms with Crippen LogP contribution in [0.25, 0.3) is 11.3 Å². The molecule has 0 amide bonds. The zero-order chi connectivity index (χ0) is 10.1. The fraction of sp³-hybridized carbons (Fsp3) is 0. The highest BCUT2D eigenvalue weighted by molar-refractivity contribution is 7.71. The van der Waals surface area contributed by atoms with Gasteiger partial charge in [0.1, 0.15) is 17.9 Å². The number of hydrogen-bond acceptors (Lipinski definition) is 2. The molecule has 5 heteroatoms. The van der Waals surface area contributed by atoms with Crippen LogP contribution in [0.5, 0.6) is 0 Å². The smallest absolute Gasteiger partial charge is 0.266 e. The second-order valence-corrected chi connectivity index (χ2v) is 3.06. The van der Waals surface area contributed by atoms with Crippen LogP contribution in [0.3, 0.4) is 0 Å². The number of nitrogens with one attached hydrogen (secondary N) is 1. The van der Waals surface area contributed by atoms with Crippen LogP contribution in [0.2, 0.25) is 0 Å². The van der Waals surface area contributed by atoms with Gasteiger partial charge in [-0.3, -0.25) is 0 Å². The Morgan fingerprint density at radius 3 is 2.71 bits per heavy atom. The van der Waals surface area contributed by atoms with E-state index in [-0.39, 0.29) is 10.4 Å². The van der Waals surface area contributed by atoms with Crippen LogP contribution in [0, 0.1) is 16.5 Å². The Balaban J connectivity index is 2.61. The molecule has 1 aromatic carbocycles. The van der Waals surface area contributed by atoms with E-state index in [0.717, 1.165) is 18.2 Å². The molecule has 1 aromatic heterocycles. The molecule has 14 heavy (non-hydrogen) atoms. The van der Waals surface area contributed by atoms with E-state index in [4.69, 9.17) is 4.42 Å². The number of oxazole rings is 1. The number of halogens is 2. The molecule has 0 spiro atoms. The fourth-order valence-corrected chi connectivity index (χ4v) is 1.27. The molecule has 0 bridgehead atoms. The van der Waals surface area contributed by atoms with Gasteiger partial charge >= 0.3 is 0 Å². The standard InChI is InChI=1S/C9H5F2NOS/c10-5-1-2-7(11)6(3-5)8-4-13-9(14)12-8/h1-4H,(H,12,14). The normalized spacial score (nSPS) is 10.4. The highest BCUT2D eigenvalue weighted by Crippen LogP contribution is 2.21. The lowest BCUT2D eigenvalue weighted by atomic mass is 10.1. The van der Waals surface area contributed by atoms with Gasteiger partial charge in [-0.05, 0) is 30.4 Å². The summed E-state index contributed by atoms with van der Waals surface area (Å²) in [4.78, 5) is 2.73. The minimum atomic E-state index is -0.529. The number of benzene rings is 1. The van der Waals surface area contributed by atoms with Gasteiger partial charge in [-0.2, -0.15) is 0 Å². The molecule has 2 rings (SSSR count). The molecule has 2 nitrogen and oxygen atoms in total. The summed E-state index contributed by atoms with van der Waals surface area (Å²) >= 11 is 4.67. The number of hydrogen-bond donors (Lipinski definition) is 1. The third kappa shape index (κ3) is 1.58. The van der Waals surface area contributed by atoms with Crippen molar-refractivity contribution in [2.45, 2.75) is 0 Å². The van der Waals surface area contributed by atoms with Gasteiger partial charge in [-0.25, -0.2) is 8.78 Å². The summed E-state index contributed by atoms with van der Waals surface area (Å²) in [6.45, 7) is 0. The molecule has 0 unspecified atom stereocenters. The Kier molecular flexibility index (Phi) is 2.17. The van der Waals surface area contributed by atoms with E-state index >= 15 is 0 Å². The summed E-state index contributed by atoms with van der Waals surface area (Å²) in [5.41, 5.74) is 0.428. The summed E-state index contributed by atoms with van der Waals surface area (Å²) in [5.74, 6) is -1.04. The molecule has 72 valence electrons. The average Bonchev–Trinajstić information content (AvgIpc) is 2.56. The van der Waals surface area contributed by atoms with Crippen molar-refractivity contribution in [1.29, 1.82) is 0 Å². The molecule has 0 saturated carbocycles. The third-order valence-electron chi connectivity index (χ3n) is 1.74. The number of rotatable bonds is 1. The summed E-state index contributed by atoms with van der Waals surface area (Å²) in [7, 11) is 0. The van der Waals surface area contributed by atoms with Crippen molar-refractivity contribution in [1.82, 2.24) is 4.98 Å². The molecular weight excluding hydrogens is 208 g/mol. The predicted octanol–water partition coefficient (Wildman–Crippen LogP) is 3.28. The first-order chi connectivity index (χ1) is 6.66. The highest BCUT2D eigenvalue weighted by atomic mass is 32.1. The van der Waals surface area contributed by atoms with E-state index in [1.54, 1.807) is 0 Å². The molecule has 0 aliphatic heterocycles. The minimum Gasteiger partial charge on any atom is -0.437 e. The van der Waals surface area contributed by atoms with E-state index < -0.39 is 11.6 Å². The lowest BCUT2D eigenvalue weighted by Gasteiger charge is -1.98. The fourth-order valence-electron chi connectivity index (χ4n) is 1.12. The van der Waals surface area contributed by atoms with Crippen LogP contribution >= 0.6 is 12.2 Å². The quantitative estimate of drug-likeness (QED) is 0.736. The lowest BCUT2D eigenvalue weighted by Crippen LogP contribution is -1.85. The third-order valence-corrected chi connectivity index (χ3v) is 1.94. The Morgan fingerprint density at radius 2 is 2.07 bits per heavy atom. The summed E-state index contributed by atoms with van der Waals surface area (Å²) in [5, 5.41) is 0. The molecule has 0 atom stereocenters. The topological polar surface area (TPSA) is 28.9 Å². The molecule has 0 radical (unpaired) electrons. The van der Waals surface area contributed by atoms with Crippen molar-refractivity contribution >= 4 is 12.2 Å². The predicted molar refractivity (Wildman–Crippen MR) is 49.2 cm³/mol. The van der Waals surface area contributed by atoms with Crippen molar-refractivity contribution < 1.29 is 13.2 Å². The van der Waals surface area contributed by atoms with E-state index in [1.165, 1.54) is 6.26 Å². The molecule has 1 N–H and O–H groups in total. The number of aromatic nitrogens is 1. The van der Waals surface area contributed by atoms with Crippen molar-refractivity contribution in [3.05, 3.63) is 40.9 Å². The Morgan fingerprint density at radius 1 is 1.29 bits per heavy atom. The molecule has 0 fully saturated rings. The van der Waals surface area contributed by atoms with Gasteiger partial charge in [0.15, 0.2) is 0 Å². The first-order valence-corrected chi connectivity index (χ1v) is 4.21. The Bertz CT molecular complexity index is 518. The van der Waals surface area contributed by atoms with E-state index in [1.807, 2.05) is 0 Å². The largest absolute Gasteiger partial charge is 0.437 e. The van der Waals surface area contributed by atoms with Crippen molar-refractivity contribution in [3.63, 3.8) is 0 Å². The van der Waals surface area contributed by atoms with E-state index in [9.17, 15) is 8.78 Å². The molecule has 1 heterocycles. The van der Waals surface area contributed by atoms with Gasteiger partial charge in [0.05, 0.1) is 5.69 Å². The summed E-state index contributed by atoms with van der Waals surface area (Å²) in [6.07, 6.45) is 1.25. The monoisotopic (exact) mass is 213 g/mol. The van der Waals surface area contributed by atoms with Gasteiger partial charge in [-0.15, -0.1) is 0 Å². The first kappa shape index (κ1) is 9.08. The minimum absolute atomic E-state index is 0.102. The maximum Gasteiger partial charge on any atom is 0.266 e. The maximum absolute atomic E-state index is 13.2. The van der Waals surface area contributed by atoms with Crippen LogP contribution in [0.4, 0.5) is 8.78 Å². The van der Waals surface area contributed by atoms with E-state index in [0.29, 0.717) is 5.69 Å². The maximum atomic E-state index is 13.2. The van der Waals surface area contributed by atoms with Crippen molar-refractivity contribution in [3.8, 4) is 11.3 Å². The Hall–Kier alpha value is -1.49. The summed E-state index contributed by atoms with van der Waals surface area (Å²) in [6, 6.07) is 3.17. The average molecular weight is 213 g/mol. The molecule has 0 aliphatic rings. The second kappa shape index (κ2) is 3.34. The van der Waals surface area contributed by atoms with Gasteiger partial charge in [0.2, 0.25) is 0 Å². The first-order valence-electron chi connectivity index (χ1n) is 3.80. The second-order valence-electron chi connectivity index (χ2n) is 2.69. The van der Waals surface area contributed by atoms with Crippen LogP contribution in [0.1, 0.15) is 0 Å². The van der Waals surface area contributed by atoms with E-state index in [2.05, 4.69) is 17.2 Å². The van der Waals surface area contributed by atoms with Crippen LogP contribution in [-0.2, 0) is 0 Å². The molecule has 2 aromatic rings. The van der Waals surface area contributed by atoms with Crippen LogP contribution < -0.4 is 0 Å². The number of aromatic amines is 1. The lowest BCUT2D eigenvalue weighted by molar-refractivity contribution is 0.541. The van der Waals surface area contributed by atoms with Crippen LogP contribution in [0.15, 0.2) is 28.9 Å². The Labute approximate surface area is 83.2 Å².